The summed E-state index contributed by atoms with van der Waals surface area (Å²) in [6.07, 6.45) is 5.92. The van der Waals surface area contributed by atoms with E-state index in [1.54, 1.807) is 0 Å². The van der Waals surface area contributed by atoms with Gasteiger partial charge >= 0.3 is 0 Å². The van der Waals surface area contributed by atoms with E-state index in [0.29, 0.717) is 23.8 Å². The molecule has 3 heteroatoms. The van der Waals surface area contributed by atoms with Gasteiger partial charge < -0.3 is 4.90 Å². The Balaban J connectivity index is 1.44. The minimum atomic E-state index is -0.336. The number of carbonyl (C=O) groups excluding carboxylic acids is 1. The Kier molecular flexibility index (Phi) is 3.43. The van der Waals surface area contributed by atoms with Crippen molar-refractivity contribution in [3.05, 3.63) is 48.0 Å². The SMILES string of the molecule is CC1(C)C(=O)N(C2[C@H]3CC4C[C@H]2CC(Cl)(C4)C3)C1c1cccc2ccccc12. The largest absolute Gasteiger partial charge is 0.330 e. The fourth-order valence-electron chi connectivity index (χ4n) is 7.54. The second-order valence-electron chi connectivity index (χ2n) is 10.5. The summed E-state index contributed by atoms with van der Waals surface area (Å²) >= 11 is 6.98. The third-order valence-electron chi connectivity index (χ3n) is 8.34. The second-order valence-corrected chi connectivity index (χ2v) is 11.3. The molecule has 1 heterocycles. The van der Waals surface area contributed by atoms with Crippen LogP contribution in [-0.4, -0.2) is 21.7 Å². The molecule has 2 nitrogen and oxygen atoms in total. The van der Waals surface area contributed by atoms with Gasteiger partial charge in [-0.3, -0.25) is 4.79 Å². The highest BCUT2D eigenvalue weighted by Crippen LogP contribution is 2.63. The standard InChI is InChI=1S/C25H28ClNO/c1-24(2)22(20-9-5-7-16-6-3-4-8-19(16)20)27(23(24)28)21-17-10-15-11-18(21)14-25(26,12-15)13-17/h3-9,15,17-18,21-22H,10-14H2,1-2H3/t15?,17-,18-,21?,22?,25?/m0/s1. The first kappa shape index (κ1) is 17.3. The van der Waals surface area contributed by atoms with Gasteiger partial charge in [0.05, 0.1) is 11.5 Å². The molecule has 7 rings (SSSR count). The summed E-state index contributed by atoms with van der Waals surface area (Å²) in [4.78, 5) is 15.7. The molecule has 1 aliphatic heterocycles. The Hall–Kier alpha value is -1.54. The molecular formula is C25H28ClNO. The van der Waals surface area contributed by atoms with E-state index in [9.17, 15) is 4.79 Å². The van der Waals surface area contributed by atoms with Crippen molar-refractivity contribution in [1.82, 2.24) is 4.90 Å². The lowest BCUT2D eigenvalue weighted by molar-refractivity contribution is -0.190. The topological polar surface area (TPSA) is 20.3 Å². The lowest BCUT2D eigenvalue weighted by Gasteiger charge is -2.66. The van der Waals surface area contributed by atoms with Gasteiger partial charge in [0.15, 0.2) is 0 Å². The zero-order valence-corrected chi connectivity index (χ0v) is 17.5. The number of benzene rings is 2. The van der Waals surface area contributed by atoms with Gasteiger partial charge in [0.1, 0.15) is 0 Å². The number of β-lactam (4-membered cyclic amide) rings is 1. The van der Waals surface area contributed by atoms with Crippen molar-refractivity contribution >= 4 is 28.3 Å². The number of hydrogen-bond donors (Lipinski definition) is 0. The van der Waals surface area contributed by atoms with Crippen LogP contribution in [-0.2, 0) is 4.79 Å². The number of hydrogen-bond acceptors (Lipinski definition) is 1. The average Bonchev–Trinajstić information content (AvgIpc) is 2.65. The molecule has 1 saturated heterocycles. The highest BCUT2D eigenvalue weighted by atomic mass is 35.5. The zero-order valence-electron chi connectivity index (χ0n) is 16.7. The minimum absolute atomic E-state index is 0.0192. The predicted molar refractivity (Wildman–Crippen MR) is 113 cm³/mol. The van der Waals surface area contributed by atoms with Crippen LogP contribution in [0.4, 0.5) is 0 Å². The van der Waals surface area contributed by atoms with Crippen LogP contribution in [0.15, 0.2) is 42.5 Å². The van der Waals surface area contributed by atoms with Gasteiger partial charge in [-0.15, -0.1) is 11.6 Å². The maximum atomic E-state index is 13.4. The van der Waals surface area contributed by atoms with Crippen LogP contribution in [0.25, 0.3) is 10.8 Å². The summed E-state index contributed by atoms with van der Waals surface area (Å²) in [7, 11) is 0. The maximum Gasteiger partial charge on any atom is 0.231 e. The Labute approximate surface area is 172 Å². The fourth-order valence-corrected chi connectivity index (χ4v) is 8.15. The minimum Gasteiger partial charge on any atom is -0.330 e. The number of rotatable bonds is 2. The molecular weight excluding hydrogens is 366 g/mol. The number of alkyl halides is 1. The number of amides is 1. The maximum absolute atomic E-state index is 13.4. The number of nitrogens with zero attached hydrogens (tertiary/aromatic N) is 1. The molecule has 5 fully saturated rings. The Bertz CT molecular complexity index is 960. The number of carbonyl (C=O) groups is 1. The Morgan fingerprint density at radius 3 is 2.36 bits per heavy atom. The molecule has 0 radical (unpaired) electrons. The number of halogens is 1. The van der Waals surface area contributed by atoms with Crippen molar-refractivity contribution in [3.63, 3.8) is 0 Å². The van der Waals surface area contributed by atoms with Crippen molar-refractivity contribution in [1.29, 1.82) is 0 Å². The first-order valence-corrected chi connectivity index (χ1v) is 11.2. The van der Waals surface area contributed by atoms with Gasteiger partial charge in [0, 0.05) is 10.9 Å². The molecule has 4 aliphatic carbocycles. The van der Waals surface area contributed by atoms with Crippen LogP contribution in [0.3, 0.4) is 0 Å². The van der Waals surface area contributed by atoms with Crippen LogP contribution < -0.4 is 0 Å². The third kappa shape index (κ3) is 2.19. The zero-order chi connectivity index (χ0) is 19.3. The van der Waals surface area contributed by atoms with E-state index in [-0.39, 0.29) is 16.3 Å². The number of likely N-dealkylation sites (tertiary alicyclic amines) is 1. The lowest BCUT2D eigenvalue weighted by Crippen LogP contribution is -2.70. The summed E-state index contributed by atoms with van der Waals surface area (Å²) in [5.41, 5.74) is 0.981. The second kappa shape index (κ2) is 5.53. The van der Waals surface area contributed by atoms with Crippen LogP contribution in [0.2, 0.25) is 0 Å². The molecule has 4 bridgehead atoms. The molecule has 4 saturated carbocycles. The molecule has 0 N–H and O–H groups in total. The summed E-state index contributed by atoms with van der Waals surface area (Å²) in [6.45, 7) is 4.27. The Morgan fingerprint density at radius 2 is 1.64 bits per heavy atom. The molecule has 1 amide bonds. The molecule has 1 unspecified atom stereocenters. The summed E-state index contributed by atoms with van der Waals surface area (Å²) in [5.74, 6) is 2.29. The summed E-state index contributed by atoms with van der Waals surface area (Å²) in [6, 6.07) is 15.7. The van der Waals surface area contributed by atoms with Crippen LogP contribution in [0, 0.1) is 23.2 Å². The van der Waals surface area contributed by atoms with Crippen LogP contribution >= 0.6 is 11.6 Å². The summed E-state index contributed by atoms with van der Waals surface area (Å²) < 4.78 is 0. The lowest BCUT2D eigenvalue weighted by atomic mass is 9.52. The van der Waals surface area contributed by atoms with E-state index in [2.05, 4.69) is 61.2 Å². The fraction of sp³-hybridized carbons (Fsp3) is 0.560. The smallest absolute Gasteiger partial charge is 0.231 e. The van der Waals surface area contributed by atoms with E-state index < -0.39 is 0 Å². The van der Waals surface area contributed by atoms with Crippen molar-refractivity contribution in [2.24, 2.45) is 23.2 Å². The van der Waals surface area contributed by atoms with Crippen molar-refractivity contribution < 1.29 is 4.79 Å². The monoisotopic (exact) mass is 393 g/mol. The van der Waals surface area contributed by atoms with E-state index in [4.69, 9.17) is 11.6 Å². The molecule has 146 valence electrons. The molecule has 28 heavy (non-hydrogen) atoms. The molecule has 2 aromatic rings. The molecule has 2 aromatic carbocycles. The molecule has 0 spiro atoms. The average molecular weight is 394 g/mol. The van der Waals surface area contributed by atoms with E-state index in [0.717, 1.165) is 18.8 Å². The first-order valence-electron chi connectivity index (χ1n) is 10.9. The van der Waals surface area contributed by atoms with Gasteiger partial charge in [-0.05, 0) is 80.0 Å². The normalized spacial score (nSPS) is 40.8. The highest BCUT2D eigenvalue weighted by molar-refractivity contribution is 6.24. The predicted octanol–water partition coefficient (Wildman–Crippen LogP) is 5.94. The molecule has 5 aliphatic rings. The van der Waals surface area contributed by atoms with Crippen molar-refractivity contribution in [2.75, 3.05) is 0 Å². The highest BCUT2D eigenvalue weighted by Gasteiger charge is 2.64. The van der Waals surface area contributed by atoms with Gasteiger partial charge in [0.25, 0.3) is 0 Å². The van der Waals surface area contributed by atoms with E-state index in [1.807, 2.05) is 0 Å². The van der Waals surface area contributed by atoms with Gasteiger partial charge in [-0.25, -0.2) is 0 Å². The van der Waals surface area contributed by atoms with E-state index in [1.165, 1.54) is 35.6 Å². The molecule has 0 aromatic heterocycles. The van der Waals surface area contributed by atoms with Crippen molar-refractivity contribution in [3.8, 4) is 0 Å². The third-order valence-corrected chi connectivity index (χ3v) is 8.80. The van der Waals surface area contributed by atoms with Gasteiger partial charge in [0.2, 0.25) is 5.91 Å². The number of fused-ring (bicyclic) bond motifs is 1. The van der Waals surface area contributed by atoms with Gasteiger partial charge in [-0.2, -0.15) is 0 Å². The Morgan fingerprint density at radius 1 is 0.964 bits per heavy atom. The van der Waals surface area contributed by atoms with Crippen LogP contribution in [0.5, 0.6) is 0 Å². The molecule has 3 atom stereocenters. The van der Waals surface area contributed by atoms with Crippen molar-refractivity contribution in [2.45, 2.75) is 62.9 Å². The van der Waals surface area contributed by atoms with Gasteiger partial charge in [-0.1, -0.05) is 42.5 Å². The van der Waals surface area contributed by atoms with E-state index >= 15 is 0 Å². The quantitative estimate of drug-likeness (QED) is 0.457. The first-order chi connectivity index (χ1) is 13.4. The summed E-state index contributed by atoms with van der Waals surface area (Å²) in [5, 5.41) is 2.55. The van der Waals surface area contributed by atoms with Crippen LogP contribution in [0.1, 0.15) is 57.6 Å².